The molecule has 3 aromatic rings. The summed E-state index contributed by atoms with van der Waals surface area (Å²) in [6, 6.07) is 15.4. The van der Waals surface area contributed by atoms with Gasteiger partial charge in [0.2, 0.25) is 0 Å². The molecule has 2 aromatic carbocycles. The molecular formula is C21H22ClN3O2. The highest BCUT2D eigenvalue weighted by Crippen LogP contribution is 2.26. The van der Waals surface area contributed by atoms with Crippen LogP contribution in [0.4, 0.5) is 5.82 Å². The van der Waals surface area contributed by atoms with Crippen LogP contribution in [0.2, 0.25) is 5.02 Å². The molecule has 1 amide bonds. The third-order valence-electron chi connectivity index (χ3n) is 4.24. The van der Waals surface area contributed by atoms with E-state index >= 15 is 0 Å². The van der Waals surface area contributed by atoms with Crippen LogP contribution in [-0.2, 0) is 11.3 Å². The van der Waals surface area contributed by atoms with E-state index in [1.165, 1.54) is 0 Å². The van der Waals surface area contributed by atoms with Crippen LogP contribution < -0.4 is 10.1 Å². The number of benzene rings is 2. The minimum atomic E-state index is -0.662. The molecule has 0 aliphatic carbocycles. The van der Waals surface area contributed by atoms with Gasteiger partial charge in [0, 0.05) is 11.1 Å². The molecule has 140 valence electrons. The fourth-order valence-corrected chi connectivity index (χ4v) is 2.89. The summed E-state index contributed by atoms with van der Waals surface area (Å²) in [7, 11) is 0. The Morgan fingerprint density at radius 1 is 1.19 bits per heavy atom. The zero-order valence-electron chi connectivity index (χ0n) is 15.6. The Morgan fingerprint density at radius 2 is 1.85 bits per heavy atom. The van der Waals surface area contributed by atoms with E-state index < -0.39 is 6.10 Å². The molecule has 0 unspecified atom stereocenters. The number of carbonyl (C=O) groups is 1. The SMILES string of the molecule is Cc1cc(O[C@H](C)C(=O)Nc2ccnn2Cc2ccccc2)cc(C)c1Cl. The second-order valence-electron chi connectivity index (χ2n) is 6.48. The van der Waals surface area contributed by atoms with Crippen molar-refractivity contribution in [1.82, 2.24) is 9.78 Å². The average Bonchev–Trinajstić information content (AvgIpc) is 3.07. The molecule has 5 nitrogen and oxygen atoms in total. The standard InChI is InChI=1S/C21H22ClN3O2/c1-14-11-18(12-15(2)20(14)22)27-16(3)21(26)24-19-9-10-23-25(19)13-17-7-5-4-6-8-17/h4-12,16H,13H2,1-3H3,(H,24,26)/t16-/m1/s1. The number of amides is 1. The van der Waals surface area contributed by atoms with Gasteiger partial charge < -0.3 is 10.1 Å². The Morgan fingerprint density at radius 3 is 2.52 bits per heavy atom. The van der Waals surface area contributed by atoms with Crippen LogP contribution in [-0.4, -0.2) is 21.8 Å². The molecule has 0 radical (unpaired) electrons. The van der Waals surface area contributed by atoms with Gasteiger partial charge in [-0.2, -0.15) is 5.10 Å². The summed E-state index contributed by atoms with van der Waals surface area (Å²) in [5, 5.41) is 7.88. The van der Waals surface area contributed by atoms with Crippen LogP contribution in [0.3, 0.4) is 0 Å². The largest absolute Gasteiger partial charge is 0.481 e. The van der Waals surface area contributed by atoms with E-state index in [-0.39, 0.29) is 5.91 Å². The molecule has 0 aliphatic heterocycles. The van der Waals surface area contributed by atoms with Crippen molar-refractivity contribution >= 4 is 23.3 Å². The fraction of sp³-hybridized carbons (Fsp3) is 0.238. The summed E-state index contributed by atoms with van der Waals surface area (Å²) in [4.78, 5) is 12.6. The van der Waals surface area contributed by atoms with Crippen LogP contribution in [0.5, 0.6) is 5.75 Å². The maximum atomic E-state index is 12.6. The van der Waals surface area contributed by atoms with Crippen LogP contribution >= 0.6 is 11.6 Å². The smallest absolute Gasteiger partial charge is 0.266 e. The van der Waals surface area contributed by atoms with Crippen molar-refractivity contribution in [2.75, 3.05) is 5.32 Å². The molecule has 0 saturated carbocycles. The Bertz CT molecular complexity index is 915. The van der Waals surface area contributed by atoms with Crippen LogP contribution in [0, 0.1) is 13.8 Å². The van der Waals surface area contributed by atoms with Crippen molar-refractivity contribution in [3.63, 3.8) is 0 Å². The number of ether oxygens (including phenoxy) is 1. The molecule has 1 aromatic heterocycles. The predicted octanol–water partition coefficient (Wildman–Crippen LogP) is 4.61. The molecule has 0 fully saturated rings. The third-order valence-corrected chi connectivity index (χ3v) is 4.83. The lowest BCUT2D eigenvalue weighted by molar-refractivity contribution is -0.122. The number of halogens is 1. The first-order valence-electron chi connectivity index (χ1n) is 8.74. The van der Waals surface area contributed by atoms with E-state index in [9.17, 15) is 4.79 Å². The van der Waals surface area contributed by atoms with Gasteiger partial charge >= 0.3 is 0 Å². The Hall–Kier alpha value is -2.79. The van der Waals surface area contributed by atoms with Crippen molar-refractivity contribution in [3.8, 4) is 5.75 Å². The lowest BCUT2D eigenvalue weighted by Crippen LogP contribution is -2.31. The first-order valence-corrected chi connectivity index (χ1v) is 9.12. The van der Waals surface area contributed by atoms with Crippen LogP contribution in [0.25, 0.3) is 0 Å². The zero-order chi connectivity index (χ0) is 19.4. The second kappa shape index (κ2) is 8.27. The maximum absolute atomic E-state index is 12.6. The number of anilines is 1. The van der Waals surface area contributed by atoms with Crippen molar-refractivity contribution in [2.45, 2.75) is 33.4 Å². The topological polar surface area (TPSA) is 56.1 Å². The molecule has 1 heterocycles. The van der Waals surface area contributed by atoms with Crippen molar-refractivity contribution in [1.29, 1.82) is 0 Å². The van der Waals surface area contributed by atoms with E-state index in [0.717, 1.165) is 16.7 Å². The van der Waals surface area contributed by atoms with Gasteiger partial charge in [0.1, 0.15) is 11.6 Å². The minimum absolute atomic E-state index is 0.241. The molecule has 27 heavy (non-hydrogen) atoms. The zero-order valence-corrected chi connectivity index (χ0v) is 16.3. The number of rotatable bonds is 6. The molecule has 0 bridgehead atoms. The monoisotopic (exact) mass is 383 g/mol. The van der Waals surface area contributed by atoms with Crippen LogP contribution in [0.1, 0.15) is 23.6 Å². The number of hydrogen-bond donors (Lipinski definition) is 1. The Labute approximate surface area is 163 Å². The molecule has 1 atom stereocenters. The molecule has 6 heteroatoms. The number of nitrogens with one attached hydrogen (secondary N) is 1. The Balaban J connectivity index is 1.66. The Kier molecular flexibility index (Phi) is 5.81. The number of carbonyl (C=O) groups excluding carboxylic acids is 1. The number of hydrogen-bond acceptors (Lipinski definition) is 3. The maximum Gasteiger partial charge on any atom is 0.266 e. The fourth-order valence-electron chi connectivity index (χ4n) is 2.78. The van der Waals surface area contributed by atoms with Gasteiger partial charge in [-0.25, -0.2) is 4.68 Å². The molecule has 0 aliphatic rings. The predicted molar refractivity (Wildman–Crippen MR) is 107 cm³/mol. The van der Waals surface area contributed by atoms with Crippen LogP contribution in [0.15, 0.2) is 54.7 Å². The number of aromatic nitrogens is 2. The van der Waals surface area contributed by atoms with Gasteiger partial charge in [0.25, 0.3) is 5.91 Å². The second-order valence-corrected chi connectivity index (χ2v) is 6.86. The normalized spacial score (nSPS) is 11.9. The van der Waals surface area contributed by atoms with Crippen molar-refractivity contribution < 1.29 is 9.53 Å². The third kappa shape index (κ3) is 4.68. The van der Waals surface area contributed by atoms with Gasteiger partial charge in [0.15, 0.2) is 6.10 Å². The van der Waals surface area contributed by atoms with Gasteiger partial charge in [-0.1, -0.05) is 41.9 Å². The van der Waals surface area contributed by atoms with E-state index in [1.807, 2.05) is 56.3 Å². The highest BCUT2D eigenvalue weighted by atomic mass is 35.5. The van der Waals surface area contributed by atoms with Gasteiger partial charge in [-0.05, 0) is 49.6 Å². The minimum Gasteiger partial charge on any atom is -0.481 e. The van der Waals surface area contributed by atoms with Gasteiger partial charge in [-0.15, -0.1) is 0 Å². The summed E-state index contributed by atoms with van der Waals surface area (Å²) >= 11 is 6.18. The summed E-state index contributed by atoms with van der Waals surface area (Å²) in [6.45, 7) is 6.12. The first kappa shape index (κ1) is 19.0. The first-order chi connectivity index (χ1) is 12.9. The summed E-state index contributed by atoms with van der Waals surface area (Å²) in [6.07, 6.45) is 1.00. The summed E-state index contributed by atoms with van der Waals surface area (Å²) < 4.78 is 7.55. The quantitative estimate of drug-likeness (QED) is 0.676. The number of aryl methyl sites for hydroxylation is 2. The molecule has 0 saturated heterocycles. The molecule has 1 N–H and O–H groups in total. The average molecular weight is 384 g/mol. The van der Waals surface area contributed by atoms with Gasteiger partial charge in [0.05, 0.1) is 12.7 Å². The van der Waals surface area contributed by atoms with E-state index in [4.69, 9.17) is 16.3 Å². The van der Waals surface area contributed by atoms with Crippen molar-refractivity contribution in [2.24, 2.45) is 0 Å². The molecule has 3 rings (SSSR count). The summed E-state index contributed by atoms with van der Waals surface area (Å²) in [5.41, 5.74) is 2.94. The van der Waals surface area contributed by atoms with Gasteiger partial charge in [-0.3, -0.25) is 4.79 Å². The van der Waals surface area contributed by atoms with E-state index in [1.54, 1.807) is 23.9 Å². The van der Waals surface area contributed by atoms with Crippen molar-refractivity contribution in [3.05, 3.63) is 76.4 Å². The lowest BCUT2D eigenvalue weighted by atomic mass is 10.1. The highest BCUT2D eigenvalue weighted by Gasteiger charge is 2.17. The number of nitrogens with zero attached hydrogens (tertiary/aromatic N) is 2. The highest BCUT2D eigenvalue weighted by molar-refractivity contribution is 6.32. The molecule has 0 spiro atoms. The molecular weight excluding hydrogens is 362 g/mol. The summed E-state index contributed by atoms with van der Waals surface area (Å²) in [5.74, 6) is 1.01. The van der Waals surface area contributed by atoms with E-state index in [2.05, 4.69) is 10.4 Å². The van der Waals surface area contributed by atoms with E-state index in [0.29, 0.717) is 23.1 Å². The lowest BCUT2D eigenvalue weighted by Gasteiger charge is -2.17.